The molecule has 30 heavy (non-hydrogen) atoms. The molecule has 7 nitrogen and oxygen atoms in total. The van der Waals surface area contributed by atoms with Gasteiger partial charge >= 0.3 is 12.0 Å². The second-order valence-electron chi connectivity index (χ2n) is 7.83. The van der Waals surface area contributed by atoms with Crippen molar-refractivity contribution < 1.29 is 14.3 Å². The second-order valence-corrected chi connectivity index (χ2v) is 7.83. The molecule has 2 amide bonds. The molecule has 7 heteroatoms. The van der Waals surface area contributed by atoms with E-state index in [0.717, 1.165) is 24.2 Å². The maximum Gasteiger partial charge on any atom is 0.338 e. The van der Waals surface area contributed by atoms with Crippen LogP contribution in [0.1, 0.15) is 42.8 Å². The smallest absolute Gasteiger partial charge is 0.338 e. The molecule has 0 saturated carbocycles. The van der Waals surface area contributed by atoms with Crippen LogP contribution in [0.15, 0.2) is 53.9 Å². The molecule has 2 aromatic rings. The number of hydrogen-bond donors (Lipinski definition) is 2. The lowest BCUT2D eigenvalue weighted by Gasteiger charge is -2.37. The number of carbonyl (C=O) groups excluding carboxylic acids is 2. The van der Waals surface area contributed by atoms with Gasteiger partial charge in [0.05, 0.1) is 18.2 Å². The van der Waals surface area contributed by atoms with E-state index >= 15 is 0 Å². The van der Waals surface area contributed by atoms with Crippen LogP contribution in [0.2, 0.25) is 0 Å². The number of nitrogens with one attached hydrogen (secondary N) is 2. The average molecular weight is 409 g/mol. The van der Waals surface area contributed by atoms with Gasteiger partial charge in [0, 0.05) is 43.3 Å². The van der Waals surface area contributed by atoms with Crippen molar-refractivity contribution >= 4 is 12.0 Å². The van der Waals surface area contributed by atoms with E-state index < -0.39 is 12.0 Å². The normalized spacial score (nSPS) is 21.6. The van der Waals surface area contributed by atoms with Crippen LogP contribution in [0, 0.1) is 6.92 Å². The summed E-state index contributed by atoms with van der Waals surface area (Å²) in [5.74, 6) is -0.404. The number of hydrogen-bond acceptors (Lipinski definition) is 4. The number of amides is 2. The first-order chi connectivity index (χ1) is 14.5. The Balaban J connectivity index is 1.70. The summed E-state index contributed by atoms with van der Waals surface area (Å²) in [7, 11) is 0. The topological polar surface area (TPSA) is 75.6 Å². The van der Waals surface area contributed by atoms with Crippen molar-refractivity contribution in [2.24, 2.45) is 0 Å². The van der Waals surface area contributed by atoms with E-state index in [2.05, 4.69) is 45.4 Å². The molecule has 2 N–H and O–H groups in total. The summed E-state index contributed by atoms with van der Waals surface area (Å²) in [6, 6.07) is 11.3. The monoisotopic (exact) mass is 408 g/mol. The number of urea groups is 1. The molecule has 4 rings (SSSR count). The van der Waals surface area contributed by atoms with Crippen LogP contribution in [-0.4, -0.2) is 41.2 Å². The van der Waals surface area contributed by atoms with Crippen molar-refractivity contribution in [2.75, 3.05) is 19.7 Å². The van der Waals surface area contributed by atoms with Gasteiger partial charge < -0.3 is 19.9 Å². The van der Waals surface area contributed by atoms with E-state index in [1.807, 2.05) is 31.2 Å². The largest absolute Gasteiger partial charge is 0.463 e. The highest BCUT2D eigenvalue weighted by Gasteiger charge is 2.35. The van der Waals surface area contributed by atoms with E-state index in [1.54, 1.807) is 6.92 Å². The van der Waals surface area contributed by atoms with Crippen molar-refractivity contribution in [3.05, 3.63) is 70.7 Å². The fourth-order valence-electron chi connectivity index (χ4n) is 4.25. The van der Waals surface area contributed by atoms with Crippen LogP contribution >= 0.6 is 0 Å². The van der Waals surface area contributed by atoms with Crippen molar-refractivity contribution in [1.29, 1.82) is 0 Å². The van der Waals surface area contributed by atoms with E-state index in [0.29, 0.717) is 17.8 Å². The Kier molecular flexibility index (Phi) is 5.63. The lowest BCUT2D eigenvalue weighted by Crippen LogP contribution is -2.49. The van der Waals surface area contributed by atoms with Gasteiger partial charge in [-0.05, 0) is 38.5 Å². The lowest BCUT2D eigenvalue weighted by molar-refractivity contribution is -0.139. The van der Waals surface area contributed by atoms with Gasteiger partial charge in [0.2, 0.25) is 0 Å². The van der Waals surface area contributed by atoms with Gasteiger partial charge in [0.1, 0.15) is 0 Å². The predicted molar refractivity (Wildman–Crippen MR) is 114 cm³/mol. The van der Waals surface area contributed by atoms with E-state index in [9.17, 15) is 9.59 Å². The Hall–Kier alpha value is -3.06. The molecule has 0 spiro atoms. The first kappa shape index (κ1) is 20.2. The van der Waals surface area contributed by atoms with Crippen LogP contribution < -0.4 is 10.6 Å². The SMILES string of the molecule is CCOC(=O)C1=C(CN2CCn3cccc3[C@H]2C)NC(=O)N[C@H]1c1ccc(C)cc1. The van der Waals surface area contributed by atoms with Gasteiger partial charge in [0.25, 0.3) is 0 Å². The quantitative estimate of drug-likeness (QED) is 0.746. The molecule has 0 fully saturated rings. The molecule has 1 aromatic carbocycles. The molecule has 1 aromatic heterocycles. The number of esters is 1. The van der Waals surface area contributed by atoms with E-state index in [-0.39, 0.29) is 18.7 Å². The number of aromatic nitrogens is 1. The van der Waals surface area contributed by atoms with Crippen LogP contribution in [-0.2, 0) is 16.1 Å². The average Bonchev–Trinajstić information content (AvgIpc) is 3.20. The molecular weight excluding hydrogens is 380 g/mol. The first-order valence-electron chi connectivity index (χ1n) is 10.4. The Bertz CT molecular complexity index is 977. The fraction of sp³-hybridized carbons (Fsp3) is 0.391. The Morgan fingerprint density at radius 1 is 1.20 bits per heavy atom. The highest BCUT2D eigenvalue weighted by atomic mass is 16.5. The summed E-state index contributed by atoms with van der Waals surface area (Å²) in [5.41, 5.74) is 4.28. The van der Waals surface area contributed by atoms with Crippen LogP contribution in [0.3, 0.4) is 0 Å². The minimum absolute atomic E-state index is 0.175. The summed E-state index contributed by atoms with van der Waals surface area (Å²) in [6.07, 6.45) is 2.09. The van der Waals surface area contributed by atoms with Gasteiger partial charge in [-0.1, -0.05) is 29.8 Å². The summed E-state index contributed by atoms with van der Waals surface area (Å²) in [5, 5.41) is 5.78. The summed E-state index contributed by atoms with van der Waals surface area (Å²) >= 11 is 0. The van der Waals surface area contributed by atoms with Gasteiger partial charge in [-0.3, -0.25) is 4.90 Å². The van der Waals surface area contributed by atoms with Crippen molar-refractivity contribution in [3.63, 3.8) is 0 Å². The number of benzene rings is 1. The Labute approximate surface area is 176 Å². The van der Waals surface area contributed by atoms with Crippen LogP contribution in [0.5, 0.6) is 0 Å². The van der Waals surface area contributed by atoms with Gasteiger partial charge in [-0.2, -0.15) is 0 Å². The maximum atomic E-state index is 13.0. The molecule has 0 radical (unpaired) electrons. The Morgan fingerprint density at radius 3 is 2.70 bits per heavy atom. The number of ether oxygens (including phenoxy) is 1. The van der Waals surface area contributed by atoms with Crippen LogP contribution in [0.4, 0.5) is 4.79 Å². The van der Waals surface area contributed by atoms with Crippen molar-refractivity contribution in [3.8, 4) is 0 Å². The molecular formula is C23H28N4O3. The van der Waals surface area contributed by atoms with Gasteiger partial charge in [-0.15, -0.1) is 0 Å². The standard InChI is InChI=1S/C23H28N4O3/c1-4-30-22(28)20-18(14-27-13-12-26-11-5-6-19(26)16(27)3)24-23(29)25-21(20)17-9-7-15(2)8-10-17/h5-11,16,21H,4,12-14H2,1-3H3,(H2,24,25,29)/t16-,21+/m1/s1. The molecule has 3 heterocycles. The minimum atomic E-state index is -0.544. The Morgan fingerprint density at radius 2 is 1.97 bits per heavy atom. The van der Waals surface area contributed by atoms with Crippen molar-refractivity contribution in [2.45, 2.75) is 39.4 Å². The third-order valence-electron chi connectivity index (χ3n) is 5.89. The predicted octanol–water partition coefficient (Wildman–Crippen LogP) is 3.04. The third kappa shape index (κ3) is 3.85. The number of carbonyl (C=O) groups is 2. The maximum absolute atomic E-state index is 13.0. The van der Waals surface area contributed by atoms with E-state index in [4.69, 9.17) is 4.74 Å². The first-order valence-corrected chi connectivity index (χ1v) is 10.4. The zero-order valence-corrected chi connectivity index (χ0v) is 17.6. The number of rotatable bonds is 5. The second kappa shape index (κ2) is 8.36. The molecule has 0 bridgehead atoms. The minimum Gasteiger partial charge on any atom is -0.463 e. The molecule has 0 unspecified atom stereocenters. The number of fused-ring (bicyclic) bond motifs is 1. The fourth-order valence-corrected chi connectivity index (χ4v) is 4.25. The zero-order chi connectivity index (χ0) is 21.3. The third-order valence-corrected chi connectivity index (χ3v) is 5.89. The summed E-state index contributed by atoms with van der Waals surface area (Å²) < 4.78 is 7.62. The van der Waals surface area contributed by atoms with Gasteiger partial charge in [-0.25, -0.2) is 9.59 Å². The number of nitrogens with zero attached hydrogens (tertiary/aromatic N) is 2. The number of aryl methyl sites for hydroxylation is 1. The summed E-state index contributed by atoms with van der Waals surface area (Å²) in [4.78, 5) is 27.7. The van der Waals surface area contributed by atoms with E-state index in [1.165, 1.54) is 5.69 Å². The molecule has 2 aliphatic heterocycles. The lowest BCUT2D eigenvalue weighted by atomic mass is 9.94. The molecule has 0 aliphatic carbocycles. The molecule has 2 aliphatic rings. The highest BCUT2D eigenvalue weighted by Crippen LogP contribution is 2.31. The van der Waals surface area contributed by atoms with Crippen LogP contribution in [0.25, 0.3) is 0 Å². The highest BCUT2D eigenvalue weighted by molar-refractivity contribution is 5.95. The zero-order valence-electron chi connectivity index (χ0n) is 17.6. The van der Waals surface area contributed by atoms with Gasteiger partial charge in [0.15, 0.2) is 0 Å². The van der Waals surface area contributed by atoms with Crippen molar-refractivity contribution in [1.82, 2.24) is 20.1 Å². The molecule has 158 valence electrons. The molecule has 2 atom stereocenters. The molecule has 0 saturated heterocycles. The summed E-state index contributed by atoms with van der Waals surface area (Å²) in [6.45, 7) is 8.40.